The van der Waals surface area contributed by atoms with E-state index in [1.807, 2.05) is 36.6 Å². The highest BCUT2D eigenvalue weighted by Crippen LogP contribution is 2.23. The molecule has 1 amide bonds. The number of nitrogens with two attached hydrogens (primary N) is 1. The highest BCUT2D eigenvalue weighted by Gasteiger charge is 2.16. The van der Waals surface area contributed by atoms with Gasteiger partial charge in [-0.05, 0) is 30.9 Å². The van der Waals surface area contributed by atoms with Gasteiger partial charge in [-0.1, -0.05) is 18.2 Å². The molecule has 0 radical (unpaired) electrons. The first-order valence-corrected chi connectivity index (χ1v) is 8.56. The van der Waals surface area contributed by atoms with Crippen LogP contribution in [0, 0.1) is 11.3 Å². The van der Waals surface area contributed by atoms with E-state index >= 15 is 0 Å². The summed E-state index contributed by atoms with van der Waals surface area (Å²) in [4.78, 5) is 17.6. The van der Waals surface area contributed by atoms with Gasteiger partial charge in [0.2, 0.25) is 5.88 Å². The van der Waals surface area contributed by atoms with Crippen molar-refractivity contribution in [2.75, 3.05) is 18.6 Å². The molecule has 124 valence electrons. The molecule has 0 saturated heterocycles. The van der Waals surface area contributed by atoms with Crippen LogP contribution >= 0.6 is 11.8 Å². The van der Waals surface area contributed by atoms with Crippen LogP contribution < -0.4 is 15.8 Å². The lowest BCUT2D eigenvalue weighted by Gasteiger charge is -2.11. The molecular weight excluding hydrogens is 324 g/mol. The number of hydrogen-bond donors (Lipinski definition) is 2. The average Bonchev–Trinajstić information content (AvgIpc) is 2.60. The first kappa shape index (κ1) is 17.6. The molecule has 0 spiro atoms. The minimum absolute atomic E-state index is 0.0784. The second-order valence-corrected chi connectivity index (χ2v) is 5.66. The summed E-state index contributed by atoms with van der Waals surface area (Å²) in [6.07, 6.45) is 1.98. The highest BCUT2D eigenvalue weighted by molar-refractivity contribution is 7.98. The topological polar surface area (TPSA) is 101 Å². The van der Waals surface area contributed by atoms with Gasteiger partial charge in [0.1, 0.15) is 17.3 Å². The summed E-state index contributed by atoms with van der Waals surface area (Å²) in [7, 11) is 0. The number of nitrogens with zero attached hydrogens (tertiary/aromatic N) is 2. The lowest BCUT2D eigenvalue weighted by molar-refractivity contribution is 0.0944. The Morgan fingerprint density at radius 2 is 2.21 bits per heavy atom. The Kier molecular flexibility index (Phi) is 6.04. The van der Waals surface area contributed by atoms with Crippen LogP contribution in [0.1, 0.15) is 28.5 Å². The van der Waals surface area contributed by atoms with Crippen molar-refractivity contribution in [2.24, 2.45) is 0 Å². The van der Waals surface area contributed by atoms with Gasteiger partial charge in [-0.3, -0.25) is 4.79 Å². The van der Waals surface area contributed by atoms with Gasteiger partial charge in [0.05, 0.1) is 12.3 Å². The van der Waals surface area contributed by atoms with Crippen molar-refractivity contribution in [3.63, 3.8) is 0 Å². The number of hydrogen-bond acceptors (Lipinski definition) is 6. The summed E-state index contributed by atoms with van der Waals surface area (Å²) in [5.41, 5.74) is 7.28. The zero-order valence-corrected chi connectivity index (χ0v) is 14.3. The normalized spacial score (nSPS) is 10.0. The molecule has 0 unspecified atom stereocenters. The molecule has 2 aromatic rings. The molecule has 0 atom stereocenters. The smallest absolute Gasteiger partial charge is 0.270 e. The molecule has 1 heterocycles. The summed E-state index contributed by atoms with van der Waals surface area (Å²) in [5, 5.41) is 11.9. The monoisotopic (exact) mass is 342 g/mol. The molecule has 6 nitrogen and oxygen atoms in total. The quantitative estimate of drug-likeness (QED) is 0.783. The number of ether oxygens (including phenoxy) is 1. The number of rotatable bonds is 6. The summed E-state index contributed by atoms with van der Waals surface area (Å²) in [5.74, 6) is -0.294. The van der Waals surface area contributed by atoms with Crippen molar-refractivity contribution < 1.29 is 9.53 Å². The number of thioether (sulfide) groups is 1. The maximum atomic E-state index is 12.4. The van der Waals surface area contributed by atoms with Gasteiger partial charge < -0.3 is 15.8 Å². The van der Waals surface area contributed by atoms with Crippen molar-refractivity contribution >= 4 is 23.4 Å². The van der Waals surface area contributed by atoms with Crippen molar-refractivity contribution in [3.8, 4) is 11.9 Å². The van der Waals surface area contributed by atoms with Crippen LogP contribution in [-0.4, -0.2) is 23.8 Å². The third kappa shape index (κ3) is 3.97. The number of nitrogen functional groups attached to an aromatic ring is 1. The fraction of sp³-hybridized carbons (Fsp3) is 0.235. The van der Waals surface area contributed by atoms with Crippen LogP contribution in [0.2, 0.25) is 0 Å². The van der Waals surface area contributed by atoms with Gasteiger partial charge in [0.15, 0.2) is 0 Å². The molecule has 2 rings (SSSR count). The van der Waals surface area contributed by atoms with E-state index in [0.717, 1.165) is 10.5 Å². The fourth-order valence-corrected chi connectivity index (χ4v) is 2.74. The van der Waals surface area contributed by atoms with Crippen LogP contribution in [0.5, 0.6) is 5.88 Å². The van der Waals surface area contributed by atoms with E-state index < -0.39 is 0 Å². The molecule has 1 aromatic heterocycles. The number of benzene rings is 1. The van der Waals surface area contributed by atoms with Gasteiger partial charge in [0, 0.05) is 11.4 Å². The van der Waals surface area contributed by atoms with E-state index in [9.17, 15) is 4.79 Å². The van der Waals surface area contributed by atoms with Crippen LogP contribution in [-0.2, 0) is 6.54 Å². The molecule has 0 fully saturated rings. The zero-order chi connectivity index (χ0) is 17.5. The number of nitriles is 1. The summed E-state index contributed by atoms with van der Waals surface area (Å²) in [6.45, 7) is 2.47. The highest BCUT2D eigenvalue weighted by atomic mass is 32.2. The van der Waals surface area contributed by atoms with Crippen molar-refractivity contribution in [1.82, 2.24) is 10.3 Å². The third-order valence-corrected chi connectivity index (χ3v) is 4.11. The second-order valence-electron chi connectivity index (χ2n) is 4.82. The van der Waals surface area contributed by atoms with Crippen molar-refractivity contribution in [3.05, 3.63) is 47.2 Å². The van der Waals surface area contributed by atoms with E-state index in [1.54, 1.807) is 18.7 Å². The first-order chi connectivity index (χ1) is 11.6. The molecule has 0 bridgehead atoms. The first-order valence-electron chi connectivity index (χ1n) is 7.34. The van der Waals surface area contributed by atoms with Gasteiger partial charge in [-0.25, -0.2) is 4.98 Å². The van der Waals surface area contributed by atoms with Crippen LogP contribution in [0.4, 0.5) is 5.69 Å². The maximum Gasteiger partial charge on any atom is 0.270 e. The molecule has 0 saturated carbocycles. The third-order valence-electron chi connectivity index (χ3n) is 3.27. The molecule has 24 heavy (non-hydrogen) atoms. The predicted molar refractivity (Wildman–Crippen MR) is 93.9 cm³/mol. The predicted octanol–water partition coefficient (Wildman–Crippen LogP) is 2.59. The van der Waals surface area contributed by atoms with Crippen LogP contribution in [0.15, 0.2) is 35.2 Å². The Morgan fingerprint density at radius 1 is 1.46 bits per heavy atom. The maximum absolute atomic E-state index is 12.4. The Morgan fingerprint density at radius 3 is 2.88 bits per heavy atom. The SMILES string of the molecule is CCOc1nc(C(=O)NCc2ccccc2SC)cc(N)c1C#N. The van der Waals surface area contributed by atoms with Gasteiger partial charge >= 0.3 is 0 Å². The molecule has 1 aromatic carbocycles. The Balaban J connectivity index is 2.19. The van der Waals surface area contributed by atoms with E-state index in [1.165, 1.54) is 6.07 Å². The van der Waals surface area contributed by atoms with E-state index in [-0.39, 0.29) is 28.7 Å². The second kappa shape index (κ2) is 8.22. The minimum atomic E-state index is -0.372. The lowest BCUT2D eigenvalue weighted by atomic mass is 10.2. The summed E-state index contributed by atoms with van der Waals surface area (Å²) >= 11 is 1.62. The van der Waals surface area contributed by atoms with E-state index in [0.29, 0.717) is 13.2 Å². The molecule has 7 heteroatoms. The number of aromatic nitrogens is 1. The Labute approximate surface area is 145 Å². The lowest BCUT2D eigenvalue weighted by Crippen LogP contribution is -2.24. The number of pyridine rings is 1. The number of amides is 1. The number of carbonyl (C=O) groups is 1. The van der Waals surface area contributed by atoms with Crippen LogP contribution in [0.25, 0.3) is 0 Å². The summed E-state index contributed by atoms with van der Waals surface area (Å²) in [6, 6.07) is 11.2. The average molecular weight is 342 g/mol. The molecule has 0 aliphatic heterocycles. The minimum Gasteiger partial charge on any atom is -0.477 e. The van der Waals surface area contributed by atoms with Crippen molar-refractivity contribution in [1.29, 1.82) is 5.26 Å². The Hall–Kier alpha value is -2.72. The zero-order valence-electron chi connectivity index (χ0n) is 13.5. The van der Waals surface area contributed by atoms with Crippen molar-refractivity contribution in [2.45, 2.75) is 18.4 Å². The van der Waals surface area contributed by atoms with Crippen LogP contribution in [0.3, 0.4) is 0 Å². The molecule has 0 aliphatic carbocycles. The number of anilines is 1. The molecule has 3 N–H and O–H groups in total. The number of carbonyl (C=O) groups excluding carboxylic acids is 1. The van der Waals surface area contributed by atoms with Gasteiger partial charge in [-0.15, -0.1) is 11.8 Å². The summed E-state index contributed by atoms with van der Waals surface area (Å²) < 4.78 is 5.30. The number of nitrogens with one attached hydrogen (secondary N) is 1. The van der Waals surface area contributed by atoms with Gasteiger partial charge in [0.25, 0.3) is 5.91 Å². The molecule has 0 aliphatic rings. The fourth-order valence-electron chi connectivity index (χ4n) is 2.13. The largest absolute Gasteiger partial charge is 0.477 e. The molecular formula is C17H18N4O2S. The standard InChI is InChI=1S/C17H18N4O2S/c1-3-23-17-12(9-18)13(19)8-14(21-17)16(22)20-10-11-6-4-5-7-15(11)24-2/h4-8H,3,10H2,1-2H3,(H2,19,21)(H,20,22). The Bertz CT molecular complexity index is 787. The van der Waals surface area contributed by atoms with Gasteiger partial charge in [-0.2, -0.15) is 5.26 Å². The van der Waals surface area contributed by atoms with E-state index in [4.69, 9.17) is 15.7 Å². The van der Waals surface area contributed by atoms with E-state index in [2.05, 4.69) is 10.3 Å².